The Bertz CT molecular complexity index is 590. The molecule has 2 aliphatic rings. The van der Waals surface area contributed by atoms with Gasteiger partial charge >= 0.3 is 0 Å². The second-order valence-electron chi connectivity index (χ2n) is 6.52. The van der Waals surface area contributed by atoms with E-state index in [1.165, 1.54) is 11.1 Å². The summed E-state index contributed by atoms with van der Waals surface area (Å²) in [6, 6.07) is 6.80. The summed E-state index contributed by atoms with van der Waals surface area (Å²) < 4.78 is 0. The van der Waals surface area contributed by atoms with Crippen LogP contribution in [-0.4, -0.2) is 8.07 Å². The molecular formula is C18H22Si. The molecule has 0 aromatic heterocycles. The lowest BCUT2D eigenvalue weighted by Gasteiger charge is -2.35. The van der Waals surface area contributed by atoms with Crippen molar-refractivity contribution in [1.29, 1.82) is 0 Å². The zero-order valence-electron chi connectivity index (χ0n) is 12.3. The Labute approximate surface area is 117 Å². The van der Waals surface area contributed by atoms with Gasteiger partial charge in [-0.3, -0.25) is 0 Å². The van der Waals surface area contributed by atoms with E-state index in [2.05, 4.69) is 75.5 Å². The number of allylic oxidation sites excluding steroid dienone is 5. The molecule has 0 saturated carbocycles. The Morgan fingerprint density at radius 2 is 1.68 bits per heavy atom. The SMILES string of the molecule is CC1=Cc2c(C)cccc2C1[Si](C)(C)C1C=CC=C1. The van der Waals surface area contributed by atoms with Gasteiger partial charge in [-0.25, -0.2) is 0 Å². The van der Waals surface area contributed by atoms with Crippen LogP contribution >= 0.6 is 0 Å². The molecule has 0 fully saturated rings. The van der Waals surface area contributed by atoms with E-state index in [9.17, 15) is 0 Å². The van der Waals surface area contributed by atoms with Gasteiger partial charge in [0.2, 0.25) is 0 Å². The average molecular weight is 266 g/mol. The quantitative estimate of drug-likeness (QED) is 0.642. The van der Waals surface area contributed by atoms with Gasteiger partial charge in [-0.1, -0.05) is 67.2 Å². The van der Waals surface area contributed by atoms with Crippen LogP contribution in [0.5, 0.6) is 0 Å². The molecule has 0 N–H and O–H groups in total. The fourth-order valence-electron chi connectivity index (χ4n) is 3.82. The van der Waals surface area contributed by atoms with E-state index in [4.69, 9.17) is 0 Å². The maximum absolute atomic E-state index is 2.54. The highest BCUT2D eigenvalue weighted by Gasteiger charge is 2.42. The van der Waals surface area contributed by atoms with Crippen LogP contribution in [0, 0.1) is 6.92 Å². The average Bonchev–Trinajstić information content (AvgIpc) is 2.96. The lowest BCUT2D eigenvalue weighted by atomic mass is 10.0. The first-order chi connectivity index (χ1) is 9.01. The third-order valence-corrected chi connectivity index (χ3v) is 9.20. The van der Waals surface area contributed by atoms with Gasteiger partial charge in [-0.15, -0.1) is 0 Å². The van der Waals surface area contributed by atoms with Crippen molar-refractivity contribution in [3.05, 3.63) is 64.8 Å². The van der Waals surface area contributed by atoms with Crippen molar-refractivity contribution in [2.24, 2.45) is 0 Å². The van der Waals surface area contributed by atoms with Crippen LogP contribution in [0.2, 0.25) is 18.6 Å². The van der Waals surface area contributed by atoms with Crippen molar-refractivity contribution in [2.45, 2.75) is 38.0 Å². The van der Waals surface area contributed by atoms with E-state index in [1.54, 1.807) is 11.1 Å². The lowest BCUT2D eigenvalue weighted by Crippen LogP contribution is -2.38. The van der Waals surface area contributed by atoms with Gasteiger partial charge in [0.25, 0.3) is 0 Å². The van der Waals surface area contributed by atoms with Gasteiger partial charge in [0.15, 0.2) is 0 Å². The first-order valence-corrected chi connectivity index (χ1v) is 10.3. The van der Waals surface area contributed by atoms with E-state index in [1.807, 2.05) is 0 Å². The molecule has 1 heteroatoms. The van der Waals surface area contributed by atoms with E-state index in [0.717, 1.165) is 0 Å². The van der Waals surface area contributed by atoms with Crippen molar-refractivity contribution in [1.82, 2.24) is 0 Å². The monoisotopic (exact) mass is 266 g/mol. The molecule has 1 aromatic carbocycles. The van der Waals surface area contributed by atoms with Crippen LogP contribution in [-0.2, 0) is 0 Å². The molecule has 1 unspecified atom stereocenters. The number of benzene rings is 1. The first kappa shape index (κ1) is 12.7. The smallest absolute Gasteiger partial charge is 0.0710 e. The number of hydrogen-bond acceptors (Lipinski definition) is 0. The zero-order valence-corrected chi connectivity index (χ0v) is 13.3. The summed E-state index contributed by atoms with van der Waals surface area (Å²) in [7, 11) is -1.42. The van der Waals surface area contributed by atoms with Crippen molar-refractivity contribution in [3.63, 3.8) is 0 Å². The van der Waals surface area contributed by atoms with Gasteiger partial charge in [-0.05, 0) is 36.1 Å². The van der Waals surface area contributed by atoms with E-state index < -0.39 is 8.07 Å². The second kappa shape index (κ2) is 4.34. The van der Waals surface area contributed by atoms with Crippen LogP contribution in [0.4, 0.5) is 0 Å². The van der Waals surface area contributed by atoms with Gasteiger partial charge in [0.1, 0.15) is 0 Å². The highest BCUT2D eigenvalue weighted by molar-refractivity contribution is 6.82. The standard InChI is InChI=1S/C18H22Si/c1-13-8-7-11-16-17(13)12-14(2)18(16)19(3,4)15-9-5-6-10-15/h5-12,15,18H,1-4H3. The molecule has 1 atom stereocenters. The topological polar surface area (TPSA) is 0 Å². The second-order valence-corrected chi connectivity index (χ2v) is 11.4. The molecule has 0 saturated heterocycles. The summed E-state index contributed by atoms with van der Waals surface area (Å²) in [5.74, 6) is 0. The Kier molecular flexibility index (Phi) is 2.90. The van der Waals surface area contributed by atoms with Crippen molar-refractivity contribution >= 4 is 14.1 Å². The predicted octanol–water partition coefficient (Wildman–Crippen LogP) is 5.24. The van der Waals surface area contributed by atoms with E-state index >= 15 is 0 Å². The minimum Gasteiger partial charge on any atom is -0.0803 e. The molecule has 0 bridgehead atoms. The molecule has 0 nitrogen and oxygen atoms in total. The number of hydrogen-bond donors (Lipinski definition) is 0. The van der Waals surface area contributed by atoms with Crippen LogP contribution in [0.25, 0.3) is 6.08 Å². The molecule has 0 heterocycles. The molecular weight excluding hydrogens is 244 g/mol. The van der Waals surface area contributed by atoms with Gasteiger partial charge in [0, 0.05) is 5.54 Å². The van der Waals surface area contributed by atoms with Gasteiger partial charge < -0.3 is 0 Å². The first-order valence-electron chi connectivity index (χ1n) is 7.14. The number of fused-ring (bicyclic) bond motifs is 1. The molecule has 98 valence electrons. The maximum Gasteiger partial charge on any atom is 0.0710 e. The zero-order chi connectivity index (χ0) is 13.6. The number of rotatable bonds is 2. The normalized spacial score (nSPS) is 21.9. The van der Waals surface area contributed by atoms with Crippen LogP contribution in [0.15, 0.2) is 48.1 Å². The summed E-state index contributed by atoms with van der Waals surface area (Å²) in [5.41, 5.74) is 7.38. The molecule has 0 radical (unpaired) electrons. The fourth-order valence-corrected chi connectivity index (χ4v) is 7.73. The van der Waals surface area contributed by atoms with Crippen molar-refractivity contribution < 1.29 is 0 Å². The highest BCUT2D eigenvalue weighted by Crippen LogP contribution is 2.48. The highest BCUT2D eigenvalue weighted by atomic mass is 28.3. The van der Waals surface area contributed by atoms with Crippen LogP contribution in [0.3, 0.4) is 0 Å². The molecule has 0 amide bonds. The van der Waals surface area contributed by atoms with Crippen molar-refractivity contribution in [2.75, 3.05) is 0 Å². The Hall–Kier alpha value is -1.34. The Morgan fingerprint density at radius 1 is 1.00 bits per heavy atom. The minimum atomic E-state index is -1.42. The summed E-state index contributed by atoms with van der Waals surface area (Å²) in [5, 5.41) is 0. The fraction of sp³-hybridized carbons (Fsp3) is 0.333. The largest absolute Gasteiger partial charge is 0.0803 e. The molecule has 0 aliphatic heterocycles. The van der Waals surface area contributed by atoms with Crippen molar-refractivity contribution in [3.8, 4) is 0 Å². The third kappa shape index (κ3) is 1.88. The molecule has 19 heavy (non-hydrogen) atoms. The Morgan fingerprint density at radius 3 is 2.37 bits per heavy atom. The number of aryl methyl sites for hydroxylation is 1. The molecule has 1 aromatic rings. The third-order valence-electron chi connectivity index (χ3n) is 4.85. The summed E-state index contributed by atoms with van der Waals surface area (Å²) >= 11 is 0. The molecule has 0 spiro atoms. The summed E-state index contributed by atoms with van der Waals surface area (Å²) in [4.78, 5) is 0. The van der Waals surface area contributed by atoms with Gasteiger partial charge in [0.05, 0.1) is 8.07 Å². The molecule has 2 aliphatic carbocycles. The molecule has 3 rings (SSSR count). The predicted molar refractivity (Wildman–Crippen MR) is 87.1 cm³/mol. The minimum absolute atomic E-state index is 0.666. The summed E-state index contributed by atoms with van der Waals surface area (Å²) in [6.07, 6.45) is 11.6. The van der Waals surface area contributed by atoms with E-state index in [0.29, 0.717) is 11.1 Å². The maximum atomic E-state index is 2.54. The van der Waals surface area contributed by atoms with Gasteiger partial charge in [-0.2, -0.15) is 0 Å². The van der Waals surface area contributed by atoms with Crippen LogP contribution in [0.1, 0.15) is 29.2 Å². The van der Waals surface area contributed by atoms with E-state index in [-0.39, 0.29) is 0 Å². The lowest BCUT2D eigenvalue weighted by molar-refractivity contribution is 1.03. The summed E-state index contributed by atoms with van der Waals surface area (Å²) in [6.45, 7) is 9.63. The Balaban J connectivity index is 2.08. The van der Waals surface area contributed by atoms with Crippen LogP contribution < -0.4 is 0 Å².